The molecule has 0 aromatic rings. The van der Waals surface area contributed by atoms with Crippen LogP contribution < -0.4 is 40.9 Å². The van der Waals surface area contributed by atoms with Gasteiger partial charge >= 0.3 is 52.4 Å². The van der Waals surface area contributed by atoms with Crippen LogP contribution in [0.15, 0.2) is 98.7 Å². The Morgan fingerprint density at radius 1 is 0.265 bits per heavy atom. The smallest absolute Gasteiger partial charge is 0.876 e. The van der Waals surface area contributed by atoms with E-state index in [9.17, 15) is 40.9 Å². The van der Waals surface area contributed by atoms with E-state index in [1.807, 2.05) is 0 Å². The first-order valence-corrected chi connectivity index (χ1v) is 8.46. The summed E-state index contributed by atoms with van der Waals surface area (Å²) in [7, 11) is 0. The van der Waals surface area contributed by atoms with Crippen LogP contribution in [0.25, 0.3) is 0 Å². The van der Waals surface area contributed by atoms with E-state index in [1.165, 1.54) is 55.4 Å². The molecule has 8 nitrogen and oxygen atoms in total. The van der Waals surface area contributed by atoms with Gasteiger partial charge in [-0.1, -0.05) is 55.4 Å². The fourth-order valence-corrected chi connectivity index (χ4v) is 0. The van der Waals surface area contributed by atoms with Crippen LogP contribution in [0.5, 0.6) is 0 Å². The van der Waals surface area contributed by atoms with Gasteiger partial charge in [0.05, 0.1) is 0 Å². The van der Waals surface area contributed by atoms with Gasteiger partial charge in [-0.3, -0.25) is 0 Å². The Morgan fingerprint density at radius 3 is 0.265 bits per heavy atom. The second-order valence-corrected chi connectivity index (χ2v) is 5.62. The predicted octanol–water partition coefficient (Wildman–Crippen LogP) is -0.963. The Kier molecular flexibility index (Phi) is 108. The van der Waals surface area contributed by atoms with Gasteiger partial charge in [-0.2, -0.15) is 0 Å². The van der Waals surface area contributed by atoms with E-state index >= 15 is 0 Å². The van der Waals surface area contributed by atoms with Gasteiger partial charge in [0.1, 0.15) is 0 Å². The molecule has 0 aliphatic rings. The second-order valence-electron chi connectivity index (χ2n) is 5.62. The maximum atomic E-state index is 9.33. The summed E-state index contributed by atoms with van der Waals surface area (Å²) in [5.41, 5.74) is 0. The zero-order valence-corrected chi connectivity index (χ0v) is 26.8. The van der Waals surface area contributed by atoms with Crippen molar-refractivity contribution in [3.63, 3.8) is 0 Å². The monoisotopic (exact) mass is 636 g/mol. The summed E-state index contributed by atoms with van der Waals surface area (Å²) >= 11 is 0. The molecule has 0 saturated carbocycles. The molecule has 0 aliphatic heterocycles. The van der Waals surface area contributed by atoms with E-state index < -0.39 is 0 Å². The van der Waals surface area contributed by atoms with Crippen molar-refractivity contribution < 1.29 is 93.3 Å². The van der Waals surface area contributed by atoms with Crippen molar-refractivity contribution in [2.45, 2.75) is 55.4 Å². The van der Waals surface area contributed by atoms with E-state index in [-0.39, 0.29) is 98.5 Å². The average Bonchev–Trinajstić information content (AvgIpc) is 2.30. The summed E-state index contributed by atoms with van der Waals surface area (Å²) in [6, 6.07) is 0. The minimum atomic E-state index is -0.0833. The Balaban J connectivity index is -0.0000000240. The van der Waals surface area contributed by atoms with Crippen molar-refractivity contribution in [3.05, 3.63) is 98.7 Å². The first-order chi connectivity index (χ1) is 13.9. The quantitative estimate of drug-likeness (QED) is 0.304. The van der Waals surface area contributed by atoms with E-state index in [1.54, 1.807) is 0 Å². The number of rotatable bonds is 0. The summed E-state index contributed by atoms with van der Waals surface area (Å²) < 4.78 is 0. The molecule has 0 spiro atoms. The Hall–Kier alpha value is -1.91. The van der Waals surface area contributed by atoms with Gasteiger partial charge in [0.15, 0.2) is 0 Å². The molecule has 10 heteroatoms. The SMILES string of the molecule is C=C(C)[O-].C=C(C)[O-].C=C(C)[O-].C=C(C)[O-].C=C(C)[O-].C=C(C)[O-].C=C(C)[O-].C=C(C)[O-].[Zr+4].[Zr+4]. The topological polar surface area (TPSA) is 184 Å². The van der Waals surface area contributed by atoms with Crippen LogP contribution in [0, 0.1) is 0 Å². The van der Waals surface area contributed by atoms with Gasteiger partial charge in [-0.25, -0.2) is 0 Å². The molecule has 0 fully saturated rings. The summed E-state index contributed by atoms with van der Waals surface area (Å²) in [5.74, 6) is -0.667. The number of hydrogen-bond donors (Lipinski definition) is 0. The molecule has 0 saturated heterocycles. The fraction of sp³-hybridized carbons (Fsp3) is 0.333. The van der Waals surface area contributed by atoms with Crippen LogP contribution in [0.2, 0.25) is 0 Å². The molecule has 0 N–H and O–H groups in total. The maximum Gasteiger partial charge on any atom is 4.00 e. The second kappa shape index (κ2) is 57.7. The molecule has 0 atom stereocenters. The third-order valence-corrected chi connectivity index (χ3v) is 0. The van der Waals surface area contributed by atoms with Crippen molar-refractivity contribution in [1.29, 1.82) is 0 Å². The van der Waals surface area contributed by atoms with Crippen LogP contribution in [0.1, 0.15) is 55.4 Å². The van der Waals surface area contributed by atoms with Crippen LogP contribution in [0.3, 0.4) is 0 Å². The molecular formula is C24H40O8Zr2. The van der Waals surface area contributed by atoms with E-state index in [4.69, 9.17) is 0 Å². The largest absolute Gasteiger partial charge is 4.00 e. The van der Waals surface area contributed by atoms with E-state index in [0.717, 1.165) is 0 Å². The van der Waals surface area contributed by atoms with Gasteiger partial charge in [-0.05, 0) is 0 Å². The Bertz CT molecular complexity index is 365. The normalized spacial score (nSPS) is 5.88. The minimum Gasteiger partial charge on any atom is -0.876 e. The third kappa shape index (κ3) is 6950. The van der Waals surface area contributed by atoms with Gasteiger partial charge < -0.3 is 40.9 Å². The molecule has 0 aromatic carbocycles. The fourth-order valence-electron chi connectivity index (χ4n) is 0. The molecule has 0 amide bonds. The molecule has 0 rings (SSSR count). The standard InChI is InChI=1S/8C3H6O.2Zr/c8*1-3(2)4;;/h8*4H,1H2,2H3;;/q;;;;;;;;2*+4/p-8. The summed E-state index contributed by atoms with van der Waals surface area (Å²) in [6.07, 6.45) is 0. The molecule has 0 aliphatic carbocycles. The van der Waals surface area contributed by atoms with Crippen molar-refractivity contribution >= 4 is 0 Å². The molecule has 0 unspecified atom stereocenters. The van der Waals surface area contributed by atoms with Crippen molar-refractivity contribution in [2.75, 3.05) is 0 Å². The van der Waals surface area contributed by atoms with Crippen LogP contribution in [0.4, 0.5) is 0 Å². The predicted molar refractivity (Wildman–Crippen MR) is 119 cm³/mol. The molecule has 0 aromatic heterocycles. The van der Waals surface area contributed by atoms with E-state index in [2.05, 4.69) is 52.6 Å². The van der Waals surface area contributed by atoms with Gasteiger partial charge in [0.2, 0.25) is 0 Å². The molecule has 34 heavy (non-hydrogen) atoms. The molecule has 0 heterocycles. The van der Waals surface area contributed by atoms with Crippen molar-refractivity contribution in [3.8, 4) is 0 Å². The summed E-state index contributed by atoms with van der Waals surface area (Å²) in [5, 5.41) is 74.7. The van der Waals surface area contributed by atoms with Crippen molar-refractivity contribution in [2.24, 2.45) is 0 Å². The van der Waals surface area contributed by atoms with Crippen LogP contribution >= 0.6 is 0 Å². The summed E-state index contributed by atoms with van der Waals surface area (Å²) in [6.45, 7) is 35.3. The Morgan fingerprint density at radius 2 is 0.265 bits per heavy atom. The molecular weight excluding hydrogens is 599 g/mol. The number of hydrogen-bond acceptors (Lipinski definition) is 8. The zero-order valence-electron chi connectivity index (χ0n) is 21.9. The maximum absolute atomic E-state index is 9.33. The zero-order chi connectivity index (χ0) is 28.6. The first-order valence-electron chi connectivity index (χ1n) is 8.46. The van der Waals surface area contributed by atoms with Gasteiger partial charge in [0.25, 0.3) is 0 Å². The van der Waals surface area contributed by atoms with Gasteiger partial charge in [0, 0.05) is 0 Å². The molecule has 0 bridgehead atoms. The van der Waals surface area contributed by atoms with Crippen LogP contribution in [-0.4, -0.2) is 0 Å². The Labute approximate surface area is 246 Å². The van der Waals surface area contributed by atoms with Crippen molar-refractivity contribution in [1.82, 2.24) is 0 Å². The molecule has 192 valence electrons. The first kappa shape index (κ1) is 63.6. The van der Waals surface area contributed by atoms with Crippen LogP contribution in [-0.2, 0) is 52.4 Å². The molecule has 0 radical (unpaired) electrons. The third-order valence-electron chi connectivity index (χ3n) is 0. The minimum absolute atomic E-state index is 0. The summed E-state index contributed by atoms with van der Waals surface area (Å²) in [4.78, 5) is 0. The van der Waals surface area contributed by atoms with E-state index in [0.29, 0.717) is 0 Å². The average molecular weight is 639 g/mol. The number of allylic oxidation sites excluding steroid dienone is 8. The van der Waals surface area contributed by atoms with Gasteiger partial charge in [-0.15, -0.1) is 98.7 Å².